The molecule has 0 bridgehead atoms. The van der Waals surface area contributed by atoms with Crippen molar-refractivity contribution in [3.05, 3.63) is 29.8 Å². The predicted octanol–water partition coefficient (Wildman–Crippen LogP) is 2.31. The monoisotopic (exact) mass is 267 g/mol. The summed E-state index contributed by atoms with van der Waals surface area (Å²) in [6.07, 6.45) is -8.22. The first-order chi connectivity index (χ1) is 8.36. The fourth-order valence-electron chi connectivity index (χ4n) is 1.32. The van der Waals surface area contributed by atoms with Gasteiger partial charge in [-0.2, -0.15) is 17.6 Å². The average molecular weight is 267 g/mol. The van der Waals surface area contributed by atoms with Crippen LogP contribution in [-0.4, -0.2) is 24.2 Å². The Labute approximate surface area is 101 Å². The molecule has 0 saturated heterocycles. The first-order valence-electron chi connectivity index (χ1n) is 5.18. The molecule has 18 heavy (non-hydrogen) atoms. The molecule has 0 radical (unpaired) electrons. The van der Waals surface area contributed by atoms with Crippen LogP contribution in [0.25, 0.3) is 0 Å². The number of ether oxygens (including phenoxy) is 1. The van der Waals surface area contributed by atoms with Gasteiger partial charge in [0.2, 0.25) is 0 Å². The lowest BCUT2D eigenvalue weighted by Crippen LogP contribution is -2.33. The minimum atomic E-state index is -4.54. The number of nitrogens with two attached hydrogens (primary N) is 1. The normalized spacial score (nSPS) is 13.7. The highest BCUT2D eigenvalue weighted by atomic mass is 19.3. The maximum atomic E-state index is 12.7. The van der Waals surface area contributed by atoms with Crippen molar-refractivity contribution in [3.8, 4) is 5.75 Å². The zero-order valence-electron chi connectivity index (χ0n) is 9.32. The van der Waals surface area contributed by atoms with Crippen molar-refractivity contribution in [1.82, 2.24) is 0 Å². The zero-order valence-corrected chi connectivity index (χ0v) is 9.32. The Kier molecular flexibility index (Phi) is 4.92. The minimum Gasteiger partial charge on any atom is -0.428 e. The van der Waals surface area contributed by atoms with E-state index in [-0.39, 0.29) is 13.0 Å². The van der Waals surface area contributed by atoms with Crippen LogP contribution in [0.15, 0.2) is 24.3 Å². The molecular formula is C11H13F4NO2. The third-order valence-corrected chi connectivity index (χ3v) is 2.23. The van der Waals surface area contributed by atoms with E-state index in [2.05, 4.69) is 4.74 Å². The third-order valence-electron chi connectivity index (χ3n) is 2.23. The van der Waals surface area contributed by atoms with E-state index < -0.39 is 24.3 Å². The molecule has 0 aromatic heterocycles. The molecule has 0 heterocycles. The second-order valence-electron chi connectivity index (χ2n) is 3.66. The molecule has 3 N–H and O–H groups in total. The number of aliphatic hydroxyl groups is 1. The molecular weight excluding hydrogens is 254 g/mol. The summed E-state index contributed by atoms with van der Waals surface area (Å²) in [5, 5.41) is 8.70. The van der Waals surface area contributed by atoms with Crippen molar-refractivity contribution >= 4 is 0 Å². The smallest absolute Gasteiger partial charge is 0.428 e. The van der Waals surface area contributed by atoms with Gasteiger partial charge in [-0.3, -0.25) is 0 Å². The van der Waals surface area contributed by atoms with E-state index in [1.54, 1.807) is 0 Å². The fraction of sp³-hybridized carbons (Fsp3) is 0.455. The van der Waals surface area contributed by atoms with Crippen LogP contribution in [-0.2, 0) is 0 Å². The van der Waals surface area contributed by atoms with E-state index in [1.807, 2.05) is 0 Å². The molecule has 1 aromatic rings. The first kappa shape index (κ1) is 14.7. The Morgan fingerprint density at radius 1 is 1.33 bits per heavy atom. The fourth-order valence-corrected chi connectivity index (χ4v) is 1.32. The van der Waals surface area contributed by atoms with Gasteiger partial charge in [0, 0.05) is 12.6 Å². The first-order valence-corrected chi connectivity index (χ1v) is 5.18. The molecule has 7 heteroatoms. The molecule has 102 valence electrons. The van der Waals surface area contributed by atoms with Crippen molar-refractivity contribution < 1.29 is 27.4 Å². The quantitative estimate of drug-likeness (QED) is 0.778. The van der Waals surface area contributed by atoms with Gasteiger partial charge in [0.05, 0.1) is 0 Å². The van der Waals surface area contributed by atoms with Crippen LogP contribution >= 0.6 is 0 Å². The van der Waals surface area contributed by atoms with Crippen molar-refractivity contribution in [2.45, 2.75) is 25.0 Å². The molecule has 1 rings (SSSR count). The molecule has 0 spiro atoms. The predicted molar refractivity (Wildman–Crippen MR) is 56.7 cm³/mol. The van der Waals surface area contributed by atoms with Crippen LogP contribution in [0.3, 0.4) is 0 Å². The molecule has 0 saturated carbocycles. The summed E-state index contributed by atoms with van der Waals surface area (Å²) in [6, 6.07) is 4.61. The van der Waals surface area contributed by atoms with Gasteiger partial charge >= 0.3 is 12.5 Å². The molecule has 3 nitrogen and oxygen atoms in total. The van der Waals surface area contributed by atoms with E-state index >= 15 is 0 Å². The van der Waals surface area contributed by atoms with E-state index in [4.69, 9.17) is 10.8 Å². The van der Waals surface area contributed by atoms with Gasteiger partial charge in [-0.25, -0.2) is 0 Å². The second kappa shape index (κ2) is 6.01. The van der Waals surface area contributed by atoms with Gasteiger partial charge in [-0.05, 0) is 24.1 Å². The van der Waals surface area contributed by atoms with Gasteiger partial charge in [0.1, 0.15) is 5.75 Å². The number of alkyl halides is 4. The summed E-state index contributed by atoms with van der Waals surface area (Å²) in [7, 11) is 0. The van der Waals surface area contributed by atoms with Gasteiger partial charge in [-0.1, -0.05) is 12.1 Å². The Bertz CT molecular complexity index is 387. The summed E-state index contributed by atoms with van der Waals surface area (Å²) in [5.41, 5.74) is 6.07. The highest BCUT2D eigenvalue weighted by Gasteiger charge is 2.43. The zero-order chi connectivity index (χ0) is 13.8. The molecule has 1 unspecified atom stereocenters. The highest BCUT2D eigenvalue weighted by Crippen LogP contribution is 2.29. The summed E-state index contributed by atoms with van der Waals surface area (Å²) in [5.74, 6) is -0.397. The topological polar surface area (TPSA) is 55.5 Å². The van der Waals surface area contributed by atoms with Crippen LogP contribution in [0.1, 0.15) is 18.0 Å². The minimum absolute atomic E-state index is 0.167. The van der Waals surface area contributed by atoms with Crippen LogP contribution in [0.2, 0.25) is 0 Å². The highest BCUT2D eigenvalue weighted by molar-refractivity contribution is 5.30. The summed E-state index contributed by atoms with van der Waals surface area (Å²) >= 11 is 0. The van der Waals surface area contributed by atoms with E-state index in [0.717, 1.165) is 12.1 Å². The largest absolute Gasteiger partial charge is 0.461 e. The Hall–Kier alpha value is -1.34. The number of benzene rings is 1. The van der Waals surface area contributed by atoms with Crippen molar-refractivity contribution in [2.24, 2.45) is 5.73 Å². The Balaban J connectivity index is 2.82. The van der Waals surface area contributed by atoms with E-state index in [9.17, 15) is 17.6 Å². The van der Waals surface area contributed by atoms with Crippen molar-refractivity contribution in [3.63, 3.8) is 0 Å². The lowest BCUT2D eigenvalue weighted by molar-refractivity contribution is -0.253. The van der Waals surface area contributed by atoms with Crippen molar-refractivity contribution in [2.75, 3.05) is 6.61 Å². The Morgan fingerprint density at radius 3 is 2.56 bits per heavy atom. The van der Waals surface area contributed by atoms with Gasteiger partial charge < -0.3 is 15.6 Å². The molecule has 0 amide bonds. The van der Waals surface area contributed by atoms with E-state index in [0.29, 0.717) is 5.56 Å². The number of rotatable bonds is 6. The van der Waals surface area contributed by atoms with Crippen molar-refractivity contribution in [1.29, 1.82) is 0 Å². The summed E-state index contributed by atoms with van der Waals surface area (Å²) in [6.45, 7) is -0.167. The van der Waals surface area contributed by atoms with Crippen LogP contribution in [0, 0.1) is 0 Å². The molecule has 1 atom stereocenters. The average Bonchev–Trinajstić information content (AvgIpc) is 2.29. The molecule has 1 aromatic carbocycles. The Morgan fingerprint density at radius 2 is 2.00 bits per heavy atom. The van der Waals surface area contributed by atoms with Gasteiger partial charge in [-0.15, -0.1) is 0 Å². The second-order valence-corrected chi connectivity index (χ2v) is 3.66. The van der Waals surface area contributed by atoms with Crippen LogP contribution in [0.5, 0.6) is 5.75 Å². The lowest BCUT2D eigenvalue weighted by Gasteiger charge is -2.18. The van der Waals surface area contributed by atoms with Gasteiger partial charge in [0.25, 0.3) is 0 Å². The number of halogens is 4. The number of hydrogen-bond donors (Lipinski definition) is 2. The summed E-state index contributed by atoms with van der Waals surface area (Å²) < 4.78 is 53.2. The SMILES string of the molecule is NC(CCO)c1cccc(OC(F)(F)C(F)F)c1. The maximum absolute atomic E-state index is 12.7. The van der Waals surface area contributed by atoms with E-state index in [1.165, 1.54) is 12.1 Å². The molecule has 0 aliphatic carbocycles. The lowest BCUT2D eigenvalue weighted by atomic mass is 10.1. The van der Waals surface area contributed by atoms with Gasteiger partial charge in [0.15, 0.2) is 0 Å². The number of aliphatic hydroxyl groups excluding tert-OH is 1. The van der Waals surface area contributed by atoms with Crippen LogP contribution < -0.4 is 10.5 Å². The summed E-state index contributed by atoms with van der Waals surface area (Å²) in [4.78, 5) is 0. The third kappa shape index (κ3) is 3.85. The molecule has 0 aliphatic rings. The molecule has 0 fully saturated rings. The van der Waals surface area contributed by atoms with Crippen LogP contribution in [0.4, 0.5) is 17.6 Å². The standard InChI is InChI=1S/C11H13F4NO2/c12-10(13)11(14,15)18-8-3-1-2-7(6-8)9(16)4-5-17/h1-3,6,9-10,17H,4-5,16H2. The maximum Gasteiger partial charge on any atom is 0.461 e. The number of hydrogen-bond acceptors (Lipinski definition) is 3. The molecule has 0 aliphatic heterocycles.